The molecule has 0 spiro atoms. The fourth-order valence-corrected chi connectivity index (χ4v) is 5.53. The van der Waals surface area contributed by atoms with Gasteiger partial charge >= 0.3 is 5.97 Å². The zero-order valence-electron chi connectivity index (χ0n) is 19.9. The van der Waals surface area contributed by atoms with Gasteiger partial charge in [0.25, 0.3) is 5.91 Å². The fraction of sp³-hybridized carbons (Fsp3) is 0.107. The van der Waals surface area contributed by atoms with Crippen LogP contribution in [0.4, 0.5) is 5.69 Å². The van der Waals surface area contributed by atoms with Crippen LogP contribution in [0.25, 0.3) is 17.0 Å². The number of benzene rings is 3. The first-order valence-electron chi connectivity index (χ1n) is 11.3. The van der Waals surface area contributed by atoms with Crippen LogP contribution < -0.4 is 0 Å². The Balaban J connectivity index is 1.51. The number of halogens is 2. The topological polar surface area (TPSA) is 74.9 Å². The van der Waals surface area contributed by atoms with Crippen molar-refractivity contribution in [3.63, 3.8) is 0 Å². The summed E-state index contributed by atoms with van der Waals surface area (Å²) in [6.45, 7) is 2.64. The van der Waals surface area contributed by atoms with Crippen molar-refractivity contribution in [3.05, 3.63) is 104 Å². The third-order valence-corrected chi connectivity index (χ3v) is 8.02. The molecular weight excluding hydrogens is 529 g/mol. The molecule has 3 aromatic carbocycles. The summed E-state index contributed by atoms with van der Waals surface area (Å²) >= 11 is 13.6. The van der Waals surface area contributed by atoms with Crippen LogP contribution in [0.3, 0.4) is 0 Å². The lowest BCUT2D eigenvalue weighted by Gasteiger charge is -2.10. The van der Waals surface area contributed by atoms with Gasteiger partial charge in [0.2, 0.25) is 0 Å². The molecule has 1 aliphatic heterocycles. The van der Waals surface area contributed by atoms with E-state index in [2.05, 4.69) is 15.6 Å². The maximum atomic E-state index is 13.1. The molecule has 1 fully saturated rings. The normalized spacial score (nSPS) is 15.9. The number of aliphatic imine (C=N–C) groups is 1. The third kappa shape index (κ3) is 4.90. The number of hydrogen-bond donors (Lipinski definition) is 1. The van der Waals surface area contributed by atoms with E-state index in [4.69, 9.17) is 28.3 Å². The molecule has 9 heteroatoms. The summed E-state index contributed by atoms with van der Waals surface area (Å²) in [5.41, 5.74) is 4.81. The summed E-state index contributed by atoms with van der Waals surface area (Å²) < 4.78 is 2.20. The maximum absolute atomic E-state index is 13.1. The number of amidine groups is 1. The highest BCUT2D eigenvalue weighted by atomic mass is 35.5. The Kier molecular flexibility index (Phi) is 6.86. The first-order valence-corrected chi connectivity index (χ1v) is 12.9. The number of thioether (sulfide) groups is 1. The zero-order chi connectivity index (χ0) is 26.3. The first-order chi connectivity index (χ1) is 17.7. The lowest BCUT2D eigenvalue weighted by atomic mass is 10.1. The number of hydrogen-bond acceptors (Lipinski definition) is 4. The van der Waals surface area contributed by atoms with Crippen molar-refractivity contribution in [2.45, 2.75) is 13.5 Å². The molecule has 2 heterocycles. The number of aromatic nitrogens is 1. The predicted molar refractivity (Wildman–Crippen MR) is 151 cm³/mol. The van der Waals surface area contributed by atoms with E-state index in [-0.39, 0.29) is 11.5 Å². The van der Waals surface area contributed by atoms with E-state index >= 15 is 0 Å². The van der Waals surface area contributed by atoms with Crippen LogP contribution in [0.15, 0.2) is 76.6 Å². The van der Waals surface area contributed by atoms with Gasteiger partial charge in [0.15, 0.2) is 5.17 Å². The van der Waals surface area contributed by atoms with Gasteiger partial charge in [-0.2, -0.15) is 0 Å². The Labute approximate surface area is 227 Å². The molecule has 0 aliphatic carbocycles. The van der Waals surface area contributed by atoms with E-state index in [1.54, 1.807) is 25.2 Å². The van der Waals surface area contributed by atoms with Crippen molar-refractivity contribution in [3.8, 4) is 0 Å². The van der Waals surface area contributed by atoms with Crippen molar-refractivity contribution in [1.29, 1.82) is 0 Å². The molecule has 37 heavy (non-hydrogen) atoms. The van der Waals surface area contributed by atoms with E-state index in [0.717, 1.165) is 27.7 Å². The number of nitrogens with zero attached hydrogens (tertiary/aromatic N) is 3. The molecule has 0 bridgehead atoms. The van der Waals surface area contributed by atoms with Crippen LogP contribution in [-0.2, 0) is 11.3 Å². The summed E-state index contributed by atoms with van der Waals surface area (Å²) in [6, 6.07) is 19.9. The van der Waals surface area contributed by atoms with Crippen molar-refractivity contribution in [2.75, 3.05) is 7.05 Å². The third-order valence-electron chi connectivity index (χ3n) is 6.22. The molecule has 4 aromatic rings. The quantitative estimate of drug-likeness (QED) is 0.266. The van der Waals surface area contributed by atoms with Crippen LogP contribution in [-0.4, -0.2) is 38.7 Å². The highest BCUT2D eigenvalue weighted by Gasteiger charge is 2.31. The van der Waals surface area contributed by atoms with E-state index in [1.807, 2.05) is 43.3 Å². The number of carbonyl (C=O) groups excluding carboxylic acids is 1. The lowest BCUT2D eigenvalue weighted by molar-refractivity contribution is -0.121. The number of carboxylic acids is 1. The number of aromatic carboxylic acids is 1. The predicted octanol–water partition coefficient (Wildman–Crippen LogP) is 7.24. The summed E-state index contributed by atoms with van der Waals surface area (Å²) in [7, 11) is 1.68. The maximum Gasteiger partial charge on any atom is 0.335 e. The second kappa shape index (κ2) is 10.1. The number of rotatable bonds is 5. The molecule has 1 aromatic heterocycles. The molecule has 1 N–H and O–H groups in total. The number of carbonyl (C=O) groups is 2. The summed E-state index contributed by atoms with van der Waals surface area (Å²) in [5, 5.41) is 11.7. The molecule has 1 amide bonds. The van der Waals surface area contributed by atoms with Gasteiger partial charge in [0, 0.05) is 35.8 Å². The van der Waals surface area contributed by atoms with Gasteiger partial charge in [0.1, 0.15) is 0 Å². The molecule has 0 radical (unpaired) electrons. The molecule has 0 unspecified atom stereocenters. The molecule has 186 valence electrons. The first kappa shape index (κ1) is 25.1. The van der Waals surface area contributed by atoms with Gasteiger partial charge in [-0.3, -0.25) is 9.69 Å². The van der Waals surface area contributed by atoms with Crippen LogP contribution in [0.1, 0.15) is 27.2 Å². The highest BCUT2D eigenvalue weighted by Crippen LogP contribution is 2.36. The monoisotopic (exact) mass is 549 g/mol. The minimum absolute atomic E-state index is 0.147. The highest BCUT2D eigenvalue weighted by molar-refractivity contribution is 8.18. The standard InChI is InChI=1S/C28H21Cl2N3O3S/c1-16-21(20-5-3-4-6-24(20)33(16)15-17-7-12-22(29)23(30)13-17)14-25-26(34)32(2)28(37-25)31-19-10-8-18(9-11-19)27(35)36/h3-14H,15H2,1-2H3,(H,35,36)/b25-14+,31-28?. The second-order valence-electron chi connectivity index (χ2n) is 8.57. The lowest BCUT2D eigenvalue weighted by Crippen LogP contribution is -2.23. The van der Waals surface area contributed by atoms with E-state index in [9.17, 15) is 9.59 Å². The van der Waals surface area contributed by atoms with E-state index in [0.29, 0.717) is 32.4 Å². The Hall–Kier alpha value is -3.52. The van der Waals surface area contributed by atoms with Crippen LogP contribution in [0, 0.1) is 6.92 Å². The molecule has 0 saturated carbocycles. The number of para-hydroxylation sites is 1. The fourth-order valence-electron chi connectivity index (χ4n) is 4.24. The minimum atomic E-state index is -0.999. The second-order valence-corrected chi connectivity index (χ2v) is 10.4. The molecular formula is C28H21Cl2N3O3S. The molecule has 0 atom stereocenters. The zero-order valence-corrected chi connectivity index (χ0v) is 22.2. The average Bonchev–Trinajstić information content (AvgIpc) is 3.30. The van der Waals surface area contributed by atoms with Gasteiger partial charge in [-0.25, -0.2) is 9.79 Å². The van der Waals surface area contributed by atoms with E-state index in [1.165, 1.54) is 28.8 Å². The Bertz CT molecular complexity index is 1620. The summed E-state index contributed by atoms with van der Waals surface area (Å²) in [6.07, 6.45) is 1.92. The van der Waals surface area contributed by atoms with E-state index < -0.39 is 5.97 Å². The van der Waals surface area contributed by atoms with Crippen molar-refractivity contribution < 1.29 is 14.7 Å². The number of fused-ring (bicyclic) bond motifs is 1. The Morgan fingerprint density at radius 3 is 2.49 bits per heavy atom. The summed E-state index contributed by atoms with van der Waals surface area (Å²) in [5.74, 6) is -1.15. The number of amides is 1. The largest absolute Gasteiger partial charge is 0.478 e. The molecule has 1 aliphatic rings. The van der Waals surface area contributed by atoms with Crippen molar-refractivity contribution in [1.82, 2.24) is 9.47 Å². The van der Waals surface area contributed by atoms with Crippen molar-refractivity contribution in [2.24, 2.45) is 4.99 Å². The van der Waals surface area contributed by atoms with Gasteiger partial charge in [-0.1, -0.05) is 47.5 Å². The molecule has 5 rings (SSSR count). The van der Waals surface area contributed by atoms with Gasteiger partial charge in [-0.15, -0.1) is 0 Å². The van der Waals surface area contributed by atoms with Gasteiger partial charge in [-0.05, 0) is 72.8 Å². The van der Waals surface area contributed by atoms with Crippen LogP contribution >= 0.6 is 35.0 Å². The Morgan fingerprint density at radius 1 is 1.05 bits per heavy atom. The summed E-state index contributed by atoms with van der Waals surface area (Å²) in [4.78, 5) is 30.9. The van der Waals surface area contributed by atoms with Crippen LogP contribution in [0.5, 0.6) is 0 Å². The van der Waals surface area contributed by atoms with Crippen LogP contribution in [0.2, 0.25) is 10.0 Å². The Morgan fingerprint density at radius 2 is 1.78 bits per heavy atom. The smallest absolute Gasteiger partial charge is 0.335 e. The minimum Gasteiger partial charge on any atom is -0.478 e. The average molecular weight is 550 g/mol. The van der Waals surface area contributed by atoms with Gasteiger partial charge in [0.05, 0.1) is 26.2 Å². The number of likely N-dealkylation sites (N-methyl/N-ethyl adjacent to an activating group) is 1. The molecule has 6 nitrogen and oxygen atoms in total. The van der Waals surface area contributed by atoms with Crippen molar-refractivity contribution >= 4 is 74.7 Å². The van der Waals surface area contributed by atoms with Gasteiger partial charge < -0.3 is 9.67 Å². The molecule has 1 saturated heterocycles. The SMILES string of the molecule is Cc1c(/C=C2/SC(=Nc3ccc(C(=O)O)cc3)N(C)C2=O)c2ccccc2n1Cc1ccc(Cl)c(Cl)c1. The number of carboxylic acid groups (broad SMARTS) is 1.